The van der Waals surface area contributed by atoms with Crippen molar-refractivity contribution in [3.05, 3.63) is 64.5 Å². The first-order valence-corrected chi connectivity index (χ1v) is 13.3. The molecule has 190 valence electrons. The molecular formula is C28H33ClN4O3. The molecule has 0 aromatic heterocycles. The van der Waals surface area contributed by atoms with Gasteiger partial charge in [-0.05, 0) is 75.0 Å². The predicted molar refractivity (Wildman–Crippen MR) is 141 cm³/mol. The van der Waals surface area contributed by atoms with Gasteiger partial charge in [0, 0.05) is 25.3 Å². The minimum absolute atomic E-state index is 0.0293. The van der Waals surface area contributed by atoms with Crippen molar-refractivity contribution in [1.29, 1.82) is 0 Å². The summed E-state index contributed by atoms with van der Waals surface area (Å²) in [6, 6.07) is 12.5. The van der Waals surface area contributed by atoms with Crippen LogP contribution in [0.3, 0.4) is 0 Å². The highest BCUT2D eigenvalue weighted by Crippen LogP contribution is 2.34. The molecule has 0 spiro atoms. The number of nitrogens with zero attached hydrogens (tertiary/aromatic N) is 3. The molecule has 2 saturated heterocycles. The highest BCUT2D eigenvalue weighted by molar-refractivity contribution is 6.32. The summed E-state index contributed by atoms with van der Waals surface area (Å²) in [6.07, 6.45) is 4.50. The third-order valence-corrected chi connectivity index (χ3v) is 7.68. The first-order valence-electron chi connectivity index (χ1n) is 12.9. The van der Waals surface area contributed by atoms with Gasteiger partial charge >= 0.3 is 0 Å². The third kappa shape index (κ3) is 5.95. The molecule has 3 fully saturated rings. The lowest BCUT2D eigenvalue weighted by atomic mass is 10.00. The van der Waals surface area contributed by atoms with E-state index in [-0.39, 0.29) is 17.9 Å². The summed E-state index contributed by atoms with van der Waals surface area (Å²) < 4.78 is 5.84. The van der Waals surface area contributed by atoms with E-state index in [0.29, 0.717) is 35.1 Å². The van der Waals surface area contributed by atoms with Crippen LogP contribution in [-0.2, 0) is 4.79 Å². The van der Waals surface area contributed by atoms with Crippen molar-refractivity contribution in [2.24, 2.45) is 5.92 Å². The zero-order valence-electron chi connectivity index (χ0n) is 20.4. The van der Waals surface area contributed by atoms with Crippen LogP contribution in [-0.4, -0.2) is 60.8 Å². The summed E-state index contributed by atoms with van der Waals surface area (Å²) in [4.78, 5) is 21.3. The average molecular weight is 509 g/mol. The van der Waals surface area contributed by atoms with E-state index in [1.54, 1.807) is 6.07 Å². The summed E-state index contributed by atoms with van der Waals surface area (Å²) in [5.41, 5.74) is 2.31. The van der Waals surface area contributed by atoms with Gasteiger partial charge in [-0.1, -0.05) is 29.8 Å². The summed E-state index contributed by atoms with van der Waals surface area (Å²) in [6.45, 7) is 11.1. The number of anilines is 1. The molecular weight excluding hydrogens is 476 g/mol. The Balaban J connectivity index is 1.25. The highest BCUT2D eigenvalue weighted by atomic mass is 35.5. The molecule has 5 rings (SSSR count). The van der Waals surface area contributed by atoms with Crippen LogP contribution in [0.1, 0.15) is 43.8 Å². The number of halogens is 1. The van der Waals surface area contributed by atoms with E-state index < -0.39 is 12.1 Å². The Morgan fingerprint density at radius 3 is 2.56 bits per heavy atom. The average Bonchev–Trinajstić information content (AvgIpc) is 3.33. The number of carbonyl (C=O) groups excluding carboxylic acids is 1. The maximum absolute atomic E-state index is 13.3. The Kier molecular flexibility index (Phi) is 7.66. The van der Waals surface area contributed by atoms with Crippen LogP contribution < -0.4 is 15.0 Å². The lowest BCUT2D eigenvalue weighted by molar-refractivity contribution is -0.126. The minimum atomic E-state index is -0.874. The number of aliphatic hydroxyl groups is 1. The molecule has 36 heavy (non-hydrogen) atoms. The van der Waals surface area contributed by atoms with Crippen LogP contribution in [0, 0.1) is 12.5 Å². The van der Waals surface area contributed by atoms with Crippen LogP contribution in [0.15, 0.2) is 42.5 Å². The van der Waals surface area contributed by atoms with E-state index in [4.69, 9.17) is 22.9 Å². The quantitative estimate of drug-likeness (QED) is 0.485. The molecule has 3 aliphatic rings. The summed E-state index contributed by atoms with van der Waals surface area (Å²) in [7, 11) is 0. The monoisotopic (exact) mass is 508 g/mol. The van der Waals surface area contributed by atoms with Gasteiger partial charge in [0.25, 0.3) is 0 Å². The fraction of sp³-hybridized carbons (Fsp3) is 0.500. The number of ether oxygens (including phenoxy) is 1. The van der Waals surface area contributed by atoms with Gasteiger partial charge in [0.2, 0.25) is 5.91 Å². The second-order valence-corrected chi connectivity index (χ2v) is 10.5. The zero-order chi connectivity index (χ0) is 25.1. The van der Waals surface area contributed by atoms with Gasteiger partial charge in [-0.15, -0.1) is 0 Å². The normalized spacial score (nSPS) is 21.7. The van der Waals surface area contributed by atoms with Crippen molar-refractivity contribution in [1.82, 2.24) is 10.2 Å². The number of aliphatic hydroxyl groups excluding tert-OH is 1. The number of rotatable bonds is 9. The first-order chi connectivity index (χ1) is 17.5. The highest BCUT2D eigenvalue weighted by Gasteiger charge is 2.33. The Morgan fingerprint density at radius 1 is 1.14 bits per heavy atom. The molecule has 2 aromatic rings. The Morgan fingerprint density at radius 2 is 1.89 bits per heavy atom. The molecule has 1 aliphatic carbocycles. The number of likely N-dealkylation sites (tertiary alicyclic amines) is 1. The first kappa shape index (κ1) is 24.9. The van der Waals surface area contributed by atoms with E-state index in [0.717, 1.165) is 57.4 Å². The Labute approximate surface area is 217 Å². The predicted octanol–water partition coefficient (Wildman–Crippen LogP) is 4.57. The topological polar surface area (TPSA) is 69.4 Å². The zero-order valence-corrected chi connectivity index (χ0v) is 21.2. The Hall–Kier alpha value is -2.79. The number of benzene rings is 2. The Bertz CT molecular complexity index is 1110. The fourth-order valence-corrected chi connectivity index (χ4v) is 5.34. The second kappa shape index (κ2) is 11.1. The molecule has 1 saturated carbocycles. The lowest BCUT2D eigenvalue weighted by Crippen LogP contribution is -2.48. The standard InChI is InChI=1S/C28H33ClN4O3/c1-30-21-5-7-22(8-6-21)33-15-12-20(17-33)28(35)31-25(18-32-13-2-3-14-32)27(34)19-4-11-26(24(29)16-19)36-23-9-10-23/h4-8,11,16,20,23,25,27,34H,2-3,9-10,12-15,17-18H2,(H,31,35)/t20-,25+,27+/m0/s1. The van der Waals surface area contributed by atoms with Gasteiger partial charge in [-0.2, -0.15) is 0 Å². The molecule has 2 heterocycles. The van der Waals surface area contributed by atoms with E-state index in [9.17, 15) is 9.90 Å². The summed E-state index contributed by atoms with van der Waals surface area (Å²) >= 11 is 6.47. The lowest BCUT2D eigenvalue weighted by Gasteiger charge is -2.30. The summed E-state index contributed by atoms with van der Waals surface area (Å²) in [5, 5.41) is 15.0. The number of amides is 1. The van der Waals surface area contributed by atoms with E-state index in [1.165, 1.54) is 0 Å². The van der Waals surface area contributed by atoms with Crippen molar-refractivity contribution in [2.75, 3.05) is 37.6 Å². The smallest absolute Gasteiger partial charge is 0.225 e. The molecule has 2 aromatic carbocycles. The second-order valence-electron chi connectivity index (χ2n) is 10.1. The minimum Gasteiger partial charge on any atom is -0.489 e. The van der Waals surface area contributed by atoms with Gasteiger partial charge in [-0.3, -0.25) is 4.79 Å². The number of hydrogen-bond donors (Lipinski definition) is 2. The van der Waals surface area contributed by atoms with Crippen LogP contribution >= 0.6 is 11.6 Å². The van der Waals surface area contributed by atoms with E-state index in [2.05, 4.69) is 20.0 Å². The van der Waals surface area contributed by atoms with Crippen molar-refractivity contribution in [3.8, 4) is 5.75 Å². The maximum atomic E-state index is 13.3. The molecule has 3 atom stereocenters. The van der Waals surface area contributed by atoms with Crippen LogP contribution in [0.2, 0.25) is 5.02 Å². The van der Waals surface area contributed by atoms with Gasteiger partial charge in [-0.25, -0.2) is 4.85 Å². The SMILES string of the molecule is [C-]#[N+]c1ccc(N2CC[C@H](C(=O)N[C@H](CN3CCCC3)[C@H](O)c3ccc(OC4CC4)c(Cl)c3)C2)cc1. The molecule has 7 nitrogen and oxygen atoms in total. The largest absolute Gasteiger partial charge is 0.489 e. The summed E-state index contributed by atoms with van der Waals surface area (Å²) in [5.74, 6) is 0.459. The molecule has 1 amide bonds. The van der Waals surface area contributed by atoms with Crippen LogP contribution in [0.4, 0.5) is 11.4 Å². The van der Waals surface area contributed by atoms with Gasteiger partial charge < -0.3 is 25.0 Å². The fourth-order valence-electron chi connectivity index (χ4n) is 5.11. The molecule has 0 bridgehead atoms. The van der Waals surface area contributed by atoms with Crippen molar-refractivity contribution < 1.29 is 14.6 Å². The van der Waals surface area contributed by atoms with Gasteiger partial charge in [0.05, 0.1) is 29.7 Å². The van der Waals surface area contributed by atoms with Gasteiger partial charge in [0.15, 0.2) is 5.69 Å². The third-order valence-electron chi connectivity index (χ3n) is 7.38. The maximum Gasteiger partial charge on any atom is 0.225 e. The van der Waals surface area contributed by atoms with Crippen molar-refractivity contribution in [3.63, 3.8) is 0 Å². The van der Waals surface area contributed by atoms with E-state index in [1.807, 2.05) is 36.4 Å². The molecule has 0 unspecified atom stereocenters. The molecule has 2 aliphatic heterocycles. The molecule has 0 radical (unpaired) electrons. The van der Waals surface area contributed by atoms with Crippen molar-refractivity contribution in [2.45, 2.75) is 50.4 Å². The number of nitrogens with one attached hydrogen (secondary N) is 1. The van der Waals surface area contributed by atoms with Crippen LogP contribution in [0.5, 0.6) is 5.75 Å². The van der Waals surface area contributed by atoms with Crippen molar-refractivity contribution >= 4 is 28.9 Å². The van der Waals surface area contributed by atoms with Gasteiger partial charge in [0.1, 0.15) is 11.9 Å². The molecule has 2 N–H and O–H groups in total. The number of hydrogen-bond acceptors (Lipinski definition) is 5. The van der Waals surface area contributed by atoms with E-state index >= 15 is 0 Å². The number of carbonyl (C=O) groups is 1. The molecule has 8 heteroatoms. The van der Waals surface area contributed by atoms with Crippen LogP contribution in [0.25, 0.3) is 4.85 Å².